The molecule has 1 aromatic rings. The van der Waals surface area contributed by atoms with E-state index < -0.39 is 0 Å². The third kappa shape index (κ3) is 11.7. The van der Waals surface area contributed by atoms with Gasteiger partial charge in [0.05, 0.1) is 6.04 Å². The van der Waals surface area contributed by atoms with Crippen molar-refractivity contribution in [2.75, 3.05) is 13.1 Å². The van der Waals surface area contributed by atoms with Gasteiger partial charge in [-0.05, 0) is 25.8 Å². The highest BCUT2D eigenvalue weighted by Crippen LogP contribution is 2.22. The third-order valence-electron chi connectivity index (χ3n) is 6.43. The lowest BCUT2D eigenvalue weighted by Crippen LogP contribution is -2.25. The zero-order valence-corrected chi connectivity index (χ0v) is 20.1. The van der Waals surface area contributed by atoms with Crippen LogP contribution in [-0.4, -0.2) is 24.0 Å². The van der Waals surface area contributed by atoms with Gasteiger partial charge in [-0.25, -0.2) is 4.98 Å². The molecule has 1 atom stereocenters. The fourth-order valence-electron chi connectivity index (χ4n) is 4.41. The van der Waals surface area contributed by atoms with Gasteiger partial charge in [0.15, 0.2) is 5.69 Å². The van der Waals surface area contributed by atoms with Crippen molar-refractivity contribution in [3.8, 4) is 0 Å². The molecule has 1 aliphatic heterocycles. The Labute approximate surface area is 190 Å². The SMILES string of the molecule is CCCCCCCCCCCCCCCCCCNC(=O)c1coc(C2CCCN2)n1. The fraction of sp³-hybridized carbons (Fsp3) is 0.846. The minimum absolute atomic E-state index is 0.117. The highest BCUT2D eigenvalue weighted by molar-refractivity contribution is 5.91. The summed E-state index contributed by atoms with van der Waals surface area (Å²) in [6.07, 6.45) is 25.4. The molecular formula is C26H47N3O2. The number of carbonyl (C=O) groups is 1. The van der Waals surface area contributed by atoms with E-state index in [1.54, 1.807) is 0 Å². The lowest BCUT2D eigenvalue weighted by atomic mass is 10.0. The predicted molar refractivity (Wildman–Crippen MR) is 128 cm³/mol. The molecule has 1 aromatic heterocycles. The second-order valence-electron chi connectivity index (χ2n) is 9.28. The van der Waals surface area contributed by atoms with Gasteiger partial charge in [0, 0.05) is 6.54 Å². The van der Waals surface area contributed by atoms with Crippen LogP contribution < -0.4 is 10.6 Å². The van der Waals surface area contributed by atoms with Crippen molar-refractivity contribution in [1.29, 1.82) is 0 Å². The maximum Gasteiger partial charge on any atom is 0.273 e. The van der Waals surface area contributed by atoms with E-state index in [2.05, 4.69) is 22.5 Å². The highest BCUT2D eigenvalue weighted by Gasteiger charge is 2.22. The number of aromatic nitrogens is 1. The van der Waals surface area contributed by atoms with E-state index in [9.17, 15) is 4.79 Å². The van der Waals surface area contributed by atoms with E-state index in [0.29, 0.717) is 11.6 Å². The van der Waals surface area contributed by atoms with Crippen LogP contribution in [0.25, 0.3) is 0 Å². The van der Waals surface area contributed by atoms with Gasteiger partial charge in [-0.3, -0.25) is 4.79 Å². The fourth-order valence-corrected chi connectivity index (χ4v) is 4.41. The molecule has 1 fully saturated rings. The van der Waals surface area contributed by atoms with Crippen LogP contribution in [0.5, 0.6) is 0 Å². The zero-order valence-electron chi connectivity index (χ0n) is 20.1. The van der Waals surface area contributed by atoms with Crippen LogP contribution in [0, 0.1) is 0 Å². The van der Waals surface area contributed by atoms with E-state index in [0.717, 1.165) is 32.4 Å². The molecule has 5 nitrogen and oxygen atoms in total. The molecular weight excluding hydrogens is 386 g/mol. The largest absolute Gasteiger partial charge is 0.446 e. The Kier molecular flexibility index (Phi) is 14.4. The predicted octanol–water partition coefficient (Wildman–Crippen LogP) is 7.09. The number of hydrogen-bond acceptors (Lipinski definition) is 4. The molecule has 31 heavy (non-hydrogen) atoms. The van der Waals surface area contributed by atoms with E-state index in [-0.39, 0.29) is 11.9 Å². The molecule has 0 aromatic carbocycles. The molecule has 0 saturated carbocycles. The molecule has 1 aliphatic rings. The quantitative estimate of drug-likeness (QED) is 0.229. The smallest absolute Gasteiger partial charge is 0.273 e. The van der Waals surface area contributed by atoms with Crippen molar-refractivity contribution in [3.63, 3.8) is 0 Å². The molecule has 2 heterocycles. The Balaban J connectivity index is 1.33. The summed E-state index contributed by atoms with van der Waals surface area (Å²) in [5.41, 5.74) is 0.403. The van der Waals surface area contributed by atoms with Gasteiger partial charge in [-0.1, -0.05) is 103 Å². The Morgan fingerprint density at radius 3 is 2.00 bits per heavy atom. The molecule has 0 spiro atoms. The van der Waals surface area contributed by atoms with Gasteiger partial charge >= 0.3 is 0 Å². The Hall–Kier alpha value is -1.36. The van der Waals surface area contributed by atoms with Gasteiger partial charge in [-0.2, -0.15) is 0 Å². The van der Waals surface area contributed by atoms with Crippen LogP contribution in [0.3, 0.4) is 0 Å². The van der Waals surface area contributed by atoms with Crippen molar-refractivity contribution in [1.82, 2.24) is 15.6 Å². The summed E-state index contributed by atoms with van der Waals surface area (Å²) in [6.45, 7) is 4.00. The second kappa shape index (κ2) is 17.2. The number of oxazole rings is 1. The van der Waals surface area contributed by atoms with Gasteiger partial charge in [0.2, 0.25) is 5.89 Å². The topological polar surface area (TPSA) is 67.2 Å². The second-order valence-corrected chi connectivity index (χ2v) is 9.28. The Morgan fingerprint density at radius 2 is 1.48 bits per heavy atom. The van der Waals surface area contributed by atoms with E-state index in [4.69, 9.17) is 4.42 Å². The van der Waals surface area contributed by atoms with Gasteiger partial charge in [0.25, 0.3) is 5.91 Å². The molecule has 178 valence electrons. The number of hydrogen-bond donors (Lipinski definition) is 2. The number of nitrogens with zero attached hydrogens (tertiary/aromatic N) is 1. The number of rotatable bonds is 19. The first-order valence-corrected chi connectivity index (χ1v) is 13.3. The van der Waals surface area contributed by atoms with E-state index >= 15 is 0 Å². The highest BCUT2D eigenvalue weighted by atomic mass is 16.3. The summed E-state index contributed by atoms with van der Waals surface area (Å²) >= 11 is 0. The lowest BCUT2D eigenvalue weighted by molar-refractivity contribution is 0.0948. The first kappa shape index (κ1) is 25.9. The molecule has 1 amide bonds. The summed E-state index contributed by atoms with van der Waals surface area (Å²) in [6, 6.07) is 0.168. The molecule has 0 bridgehead atoms. The molecule has 2 N–H and O–H groups in total. The maximum absolute atomic E-state index is 12.2. The maximum atomic E-state index is 12.2. The molecule has 1 saturated heterocycles. The van der Waals surface area contributed by atoms with E-state index in [1.807, 2.05) is 0 Å². The number of nitrogens with one attached hydrogen (secondary N) is 2. The van der Waals surface area contributed by atoms with Gasteiger partial charge in [-0.15, -0.1) is 0 Å². The van der Waals surface area contributed by atoms with Crippen molar-refractivity contribution in [2.45, 2.75) is 129 Å². The number of amides is 1. The van der Waals surface area contributed by atoms with Crippen LogP contribution in [0.15, 0.2) is 10.7 Å². The molecule has 5 heteroatoms. The van der Waals surface area contributed by atoms with Gasteiger partial charge in [0.1, 0.15) is 6.26 Å². The zero-order chi connectivity index (χ0) is 22.0. The first-order valence-electron chi connectivity index (χ1n) is 13.3. The first-order chi connectivity index (χ1) is 15.3. The van der Waals surface area contributed by atoms with Crippen LogP contribution >= 0.6 is 0 Å². The lowest BCUT2D eigenvalue weighted by Gasteiger charge is -2.05. The normalized spacial score (nSPS) is 16.1. The molecule has 2 rings (SSSR count). The summed E-state index contributed by atoms with van der Waals surface area (Å²) in [7, 11) is 0. The summed E-state index contributed by atoms with van der Waals surface area (Å²) in [5, 5.41) is 6.31. The minimum atomic E-state index is -0.117. The standard InChI is InChI=1S/C26H47N3O2/c1-2-3-4-5-6-7-8-9-10-11-12-13-14-15-16-17-20-28-25(30)24-22-31-26(29-24)23-19-18-21-27-23/h22-23,27H,2-21H2,1H3,(H,28,30). The van der Waals surface area contributed by atoms with Crippen LogP contribution in [-0.2, 0) is 0 Å². The third-order valence-corrected chi connectivity index (χ3v) is 6.43. The Morgan fingerprint density at radius 1 is 0.935 bits per heavy atom. The average molecular weight is 434 g/mol. The summed E-state index contributed by atoms with van der Waals surface area (Å²) < 4.78 is 5.47. The molecule has 0 radical (unpaired) electrons. The molecule has 1 unspecified atom stereocenters. The van der Waals surface area contributed by atoms with Crippen molar-refractivity contribution in [3.05, 3.63) is 17.8 Å². The minimum Gasteiger partial charge on any atom is -0.446 e. The molecule has 0 aliphatic carbocycles. The van der Waals surface area contributed by atoms with Crippen molar-refractivity contribution >= 4 is 5.91 Å². The van der Waals surface area contributed by atoms with Crippen LogP contribution in [0.4, 0.5) is 0 Å². The Bertz CT molecular complexity index is 567. The summed E-state index contributed by atoms with van der Waals surface area (Å²) in [5.74, 6) is 0.527. The number of carbonyl (C=O) groups excluding carboxylic acids is 1. The van der Waals surface area contributed by atoms with Crippen molar-refractivity contribution < 1.29 is 9.21 Å². The van der Waals surface area contributed by atoms with Gasteiger partial charge < -0.3 is 15.1 Å². The van der Waals surface area contributed by atoms with Crippen LogP contribution in [0.1, 0.15) is 145 Å². The van der Waals surface area contributed by atoms with Crippen molar-refractivity contribution in [2.24, 2.45) is 0 Å². The van der Waals surface area contributed by atoms with E-state index in [1.165, 1.54) is 103 Å². The van der Waals surface area contributed by atoms with Crippen LogP contribution in [0.2, 0.25) is 0 Å². The monoisotopic (exact) mass is 433 g/mol. The number of unbranched alkanes of at least 4 members (excludes halogenated alkanes) is 15. The average Bonchev–Trinajstić information content (AvgIpc) is 3.48. The summed E-state index contributed by atoms with van der Waals surface area (Å²) in [4.78, 5) is 16.5.